The summed E-state index contributed by atoms with van der Waals surface area (Å²) in [7, 11) is 2.68. The van der Waals surface area contributed by atoms with Gasteiger partial charge < -0.3 is 19.5 Å². The Kier molecular flexibility index (Phi) is 8.62. The first-order chi connectivity index (χ1) is 18.7. The van der Waals surface area contributed by atoms with Gasteiger partial charge in [0.15, 0.2) is 11.5 Å². The SMILES string of the molecule is COC(=O)c1c(NC(=O)C(=O)N/N=C(\C)c2ccc(OC(=O)c3ccccc3Cl)c(OC)c2)sc2c1CCC2. The molecule has 2 aromatic carbocycles. The van der Waals surface area contributed by atoms with E-state index in [-0.39, 0.29) is 27.1 Å². The Labute approximate surface area is 232 Å². The monoisotopic (exact) mass is 569 g/mol. The summed E-state index contributed by atoms with van der Waals surface area (Å²) in [6, 6.07) is 11.2. The predicted octanol–water partition coefficient (Wildman–Crippen LogP) is 4.38. The summed E-state index contributed by atoms with van der Waals surface area (Å²) in [5.74, 6) is -2.80. The number of anilines is 1. The van der Waals surface area contributed by atoms with Gasteiger partial charge >= 0.3 is 23.8 Å². The van der Waals surface area contributed by atoms with Crippen molar-refractivity contribution in [3.63, 3.8) is 0 Å². The average Bonchev–Trinajstić information content (AvgIpc) is 3.52. The smallest absolute Gasteiger partial charge is 0.345 e. The molecule has 10 nitrogen and oxygen atoms in total. The van der Waals surface area contributed by atoms with Crippen LogP contribution in [0.15, 0.2) is 47.6 Å². The number of rotatable bonds is 7. The van der Waals surface area contributed by atoms with Gasteiger partial charge in [-0.3, -0.25) is 9.59 Å². The number of halogens is 1. The van der Waals surface area contributed by atoms with Crippen molar-refractivity contribution < 1.29 is 33.4 Å². The van der Waals surface area contributed by atoms with Crippen molar-refractivity contribution in [1.82, 2.24) is 5.43 Å². The minimum Gasteiger partial charge on any atom is -0.493 e. The zero-order valence-electron chi connectivity index (χ0n) is 21.3. The summed E-state index contributed by atoms with van der Waals surface area (Å²) in [6.07, 6.45) is 2.43. The molecule has 12 heteroatoms. The van der Waals surface area contributed by atoms with E-state index in [2.05, 4.69) is 15.8 Å². The molecule has 2 amide bonds. The molecule has 0 bridgehead atoms. The number of hydrogen-bond acceptors (Lipinski definition) is 9. The number of hydrogen-bond donors (Lipinski definition) is 2. The first-order valence-corrected chi connectivity index (χ1v) is 13.0. The number of nitrogens with zero attached hydrogens (tertiary/aromatic N) is 1. The number of amides is 2. The van der Waals surface area contributed by atoms with Crippen molar-refractivity contribution in [3.8, 4) is 11.5 Å². The van der Waals surface area contributed by atoms with E-state index in [4.69, 9.17) is 25.8 Å². The molecule has 0 spiro atoms. The molecule has 1 heterocycles. The molecule has 0 aliphatic heterocycles. The number of carbonyl (C=O) groups excluding carboxylic acids is 4. The lowest BCUT2D eigenvalue weighted by molar-refractivity contribution is -0.136. The fourth-order valence-corrected chi connectivity index (χ4v) is 5.46. The van der Waals surface area contributed by atoms with Gasteiger partial charge in [0, 0.05) is 10.4 Å². The molecule has 1 aromatic heterocycles. The highest BCUT2D eigenvalue weighted by Gasteiger charge is 2.29. The summed E-state index contributed by atoms with van der Waals surface area (Å²) in [5.41, 5.74) is 4.44. The van der Waals surface area contributed by atoms with Crippen LogP contribution in [0.5, 0.6) is 11.5 Å². The van der Waals surface area contributed by atoms with E-state index in [1.807, 2.05) is 0 Å². The molecule has 0 atom stereocenters. The number of benzene rings is 2. The highest BCUT2D eigenvalue weighted by atomic mass is 35.5. The number of nitrogens with one attached hydrogen (secondary N) is 2. The third-order valence-corrected chi connectivity index (χ3v) is 7.48. The van der Waals surface area contributed by atoms with Crippen LogP contribution in [0.2, 0.25) is 5.02 Å². The number of fused-ring (bicyclic) bond motifs is 1. The van der Waals surface area contributed by atoms with Crippen molar-refractivity contribution in [1.29, 1.82) is 0 Å². The number of carbonyl (C=O) groups is 4. The minimum atomic E-state index is -1.02. The highest BCUT2D eigenvalue weighted by Crippen LogP contribution is 2.39. The van der Waals surface area contributed by atoms with E-state index in [0.29, 0.717) is 23.3 Å². The Bertz CT molecular complexity index is 1500. The van der Waals surface area contributed by atoms with Crippen LogP contribution in [-0.4, -0.2) is 43.7 Å². The van der Waals surface area contributed by atoms with Gasteiger partial charge in [0.1, 0.15) is 5.00 Å². The summed E-state index contributed by atoms with van der Waals surface area (Å²) in [4.78, 5) is 50.7. The van der Waals surface area contributed by atoms with E-state index in [1.54, 1.807) is 43.3 Å². The number of esters is 2. The molecule has 202 valence electrons. The van der Waals surface area contributed by atoms with Crippen LogP contribution in [0.25, 0.3) is 0 Å². The van der Waals surface area contributed by atoms with Crippen LogP contribution >= 0.6 is 22.9 Å². The summed E-state index contributed by atoms with van der Waals surface area (Å²) < 4.78 is 15.6. The Balaban J connectivity index is 1.43. The van der Waals surface area contributed by atoms with Gasteiger partial charge in [-0.2, -0.15) is 5.10 Å². The zero-order chi connectivity index (χ0) is 28.1. The van der Waals surface area contributed by atoms with Crippen LogP contribution in [0.4, 0.5) is 5.00 Å². The topological polar surface area (TPSA) is 132 Å². The second-order valence-corrected chi connectivity index (χ2v) is 9.89. The maximum Gasteiger partial charge on any atom is 0.345 e. The molecule has 39 heavy (non-hydrogen) atoms. The third kappa shape index (κ3) is 6.10. The fraction of sp³-hybridized carbons (Fsp3) is 0.222. The molecule has 0 saturated carbocycles. The summed E-state index contributed by atoms with van der Waals surface area (Å²) in [5, 5.41) is 7.02. The van der Waals surface area contributed by atoms with Crippen molar-refractivity contribution in [2.24, 2.45) is 5.10 Å². The van der Waals surface area contributed by atoms with Gasteiger partial charge in [-0.15, -0.1) is 11.3 Å². The number of hydrazone groups is 1. The van der Waals surface area contributed by atoms with E-state index in [0.717, 1.165) is 23.3 Å². The number of aryl methyl sites for hydroxylation is 1. The van der Waals surface area contributed by atoms with Gasteiger partial charge in [-0.1, -0.05) is 23.7 Å². The third-order valence-electron chi connectivity index (χ3n) is 5.95. The highest BCUT2D eigenvalue weighted by molar-refractivity contribution is 7.17. The second-order valence-electron chi connectivity index (χ2n) is 8.38. The van der Waals surface area contributed by atoms with Crippen molar-refractivity contribution in [2.75, 3.05) is 19.5 Å². The second kappa shape index (κ2) is 12.1. The molecule has 1 aliphatic rings. The molecule has 3 aromatic rings. The molecule has 0 fully saturated rings. The predicted molar refractivity (Wildman–Crippen MR) is 146 cm³/mol. The maximum absolute atomic E-state index is 12.5. The quantitative estimate of drug-likeness (QED) is 0.142. The Morgan fingerprint density at radius 3 is 2.46 bits per heavy atom. The lowest BCUT2D eigenvalue weighted by atomic mass is 10.1. The molecule has 4 rings (SSSR count). The molecular formula is C27H24ClN3O7S. The van der Waals surface area contributed by atoms with Gasteiger partial charge in [0.05, 0.1) is 36.1 Å². The molecule has 0 saturated heterocycles. The Morgan fingerprint density at radius 2 is 1.74 bits per heavy atom. The standard InChI is InChI=1S/C27H24ClN3O7S/c1-14(15-11-12-19(20(13-15)36-2)38-26(34)16-7-4-5-9-18(16)28)30-31-24(33)23(32)29-25-22(27(35)37-3)17-8-6-10-21(17)39-25/h4-5,7,9,11-13H,6,8,10H2,1-3H3,(H,29,32)(H,31,33)/b30-14+. The lowest BCUT2D eigenvalue weighted by Gasteiger charge is -2.11. The molecule has 2 N–H and O–H groups in total. The van der Waals surface area contributed by atoms with E-state index < -0.39 is 23.8 Å². The lowest BCUT2D eigenvalue weighted by Crippen LogP contribution is -2.33. The van der Waals surface area contributed by atoms with Crippen LogP contribution in [0.1, 0.15) is 50.1 Å². The average molecular weight is 570 g/mol. The van der Waals surface area contributed by atoms with E-state index >= 15 is 0 Å². The minimum absolute atomic E-state index is 0.159. The number of ether oxygens (including phenoxy) is 3. The molecule has 0 radical (unpaired) electrons. The maximum atomic E-state index is 12.5. The first kappa shape index (κ1) is 27.8. The Hall–Kier alpha value is -4.22. The van der Waals surface area contributed by atoms with Gasteiger partial charge in [0.25, 0.3) is 0 Å². The summed E-state index contributed by atoms with van der Waals surface area (Å²) >= 11 is 7.33. The normalized spacial score (nSPS) is 12.4. The van der Waals surface area contributed by atoms with E-state index in [1.165, 1.54) is 31.6 Å². The van der Waals surface area contributed by atoms with Crippen molar-refractivity contribution in [3.05, 3.63) is 74.6 Å². The zero-order valence-corrected chi connectivity index (χ0v) is 22.8. The van der Waals surface area contributed by atoms with Gasteiger partial charge in [0.2, 0.25) is 0 Å². The fourth-order valence-electron chi connectivity index (χ4n) is 3.98. The number of thiophene rings is 1. The molecular weight excluding hydrogens is 546 g/mol. The molecule has 1 aliphatic carbocycles. The van der Waals surface area contributed by atoms with Crippen LogP contribution in [0, 0.1) is 0 Å². The first-order valence-electron chi connectivity index (χ1n) is 11.8. The van der Waals surface area contributed by atoms with Crippen LogP contribution < -0.4 is 20.2 Å². The molecule has 0 unspecified atom stereocenters. The van der Waals surface area contributed by atoms with Crippen molar-refractivity contribution >= 4 is 57.4 Å². The number of methoxy groups -OCH3 is 2. The van der Waals surface area contributed by atoms with Crippen LogP contribution in [0.3, 0.4) is 0 Å². The largest absolute Gasteiger partial charge is 0.493 e. The Morgan fingerprint density at radius 1 is 0.974 bits per heavy atom. The van der Waals surface area contributed by atoms with Gasteiger partial charge in [-0.25, -0.2) is 15.0 Å². The van der Waals surface area contributed by atoms with Crippen molar-refractivity contribution in [2.45, 2.75) is 26.2 Å². The van der Waals surface area contributed by atoms with E-state index in [9.17, 15) is 19.2 Å². The van der Waals surface area contributed by atoms with Crippen LogP contribution in [-0.2, 0) is 27.2 Å². The van der Waals surface area contributed by atoms with Gasteiger partial charge in [-0.05, 0) is 62.1 Å². The summed E-state index contributed by atoms with van der Waals surface area (Å²) in [6.45, 7) is 1.61.